The molecule has 21 heavy (non-hydrogen) atoms. The van der Waals surface area contributed by atoms with Crippen LogP contribution in [-0.2, 0) is 22.4 Å². The molecule has 0 spiro atoms. The van der Waals surface area contributed by atoms with Crippen molar-refractivity contribution in [2.24, 2.45) is 0 Å². The van der Waals surface area contributed by atoms with Crippen molar-refractivity contribution in [3.63, 3.8) is 0 Å². The van der Waals surface area contributed by atoms with Crippen LogP contribution in [0.3, 0.4) is 0 Å². The number of nitrogens with one attached hydrogen (secondary N) is 1. The van der Waals surface area contributed by atoms with Crippen molar-refractivity contribution in [3.05, 3.63) is 16.0 Å². The van der Waals surface area contributed by atoms with Crippen molar-refractivity contribution >= 4 is 28.2 Å². The first kappa shape index (κ1) is 16.0. The van der Waals surface area contributed by atoms with Gasteiger partial charge in [0.2, 0.25) is 5.91 Å². The maximum Gasteiger partial charge on any atom is 0.341 e. The third-order valence-corrected chi connectivity index (χ3v) is 5.03. The monoisotopic (exact) mass is 310 g/mol. The Morgan fingerprint density at radius 2 is 2.00 bits per heavy atom. The topological polar surface area (TPSA) is 58.6 Å². The number of ether oxygens (including phenoxy) is 1. The molecule has 0 bridgehead atoms. The van der Waals surface area contributed by atoms with Crippen molar-refractivity contribution in [1.29, 1.82) is 0 Å². The van der Waals surface area contributed by atoms with Gasteiger partial charge in [-0.2, -0.15) is 0 Å². The zero-order chi connectivity index (χ0) is 15.4. The van der Waals surface area contributed by atoms with Gasteiger partial charge in [-0.1, -0.05) is 13.8 Å². The van der Waals surface area contributed by atoms with Gasteiger partial charge in [0, 0.05) is 4.88 Å². The number of amides is 1. The van der Waals surface area contributed by atoms with Gasteiger partial charge in [-0.3, -0.25) is 9.69 Å². The van der Waals surface area contributed by atoms with E-state index in [0.29, 0.717) is 17.1 Å². The molecule has 0 atom stereocenters. The number of aryl methyl sites for hydroxylation is 1. The highest BCUT2D eigenvalue weighted by molar-refractivity contribution is 7.17. The molecule has 116 valence electrons. The van der Waals surface area contributed by atoms with Gasteiger partial charge in [-0.25, -0.2) is 4.79 Å². The largest absolute Gasteiger partial charge is 0.465 e. The first-order chi connectivity index (χ1) is 10.1. The summed E-state index contributed by atoms with van der Waals surface area (Å²) in [6.07, 6.45) is 2.94. The zero-order valence-electron chi connectivity index (χ0n) is 12.8. The van der Waals surface area contributed by atoms with Crippen LogP contribution in [0.5, 0.6) is 0 Å². The van der Waals surface area contributed by atoms with Gasteiger partial charge in [0.15, 0.2) is 0 Å². The van der Waals surface area contributed by atoms with Crippen LogP contribution in [-0.4, -0.2) is 43.5 Å². The van der Waals surface area contributed by atoms with E-state index in [9.17, 15) is 9.59 Å². The van der Waals surface area contributed by atoms with E-state index in [2.05, 4.69) is 5.32 Å². The van der Waals surface area contributed by atoms with Gasteiger partial charge < -0.3 is 10.1 Å². The average molecular weight is 310 g/mol. The fraction of sp³-hybridized carbons (Fsp3) is 0.600. The fourth-order valence-corrected chi connectivity index (χ4v) is 3.92. The molecule has 0 unspecified atom stereocenters. The van der Waals surface area contributed by atoms with E-state index in [1.165, 1.54) is 23.3 Å². The van der Waals surface area contributed by atoms with Crippen LogP contribution in [0.4, 0.5) is 5.00 Å². The minimum atomic E-state index is -0.354. The molecule has 0 radical (unpaired) electrons. The molecule has 0 aromatic carbocycles. The van der Waals surface area contributed by atoms with E-state index in [4.69, 9.17) is 4.74 Å². The van der Waals surface area contributed by atoms with E-state index in [-0.39, 0.29) is 11.9 Å². The Balaban J connectivity index is 2.16. The summed E-state index contributed by atoms with van der Waals surface area (Å²) in [6.45, 7) is 6.05. The fourth-order valence-electron chi connectivity index (χ4n) is 2.63. The quantitative estimate of drug-likeness (QED) is 0.819. The number of hydrogen-bond donors (Lipinski definition) is 1. The smallest absolute Gasteiger partial charge is 0.341 e. The second-order valence-corrected chi connectivity index (χ2v) is 6.17. The molecule has 1 aromatic rings. The lowest BCUT2D eigenvalue weighted by Crippen LogP contribution is -2.33. The molecular weight excluding hydrogens is 288 g/mol. The van der Waals surface area contributed by atoms with Crippen molar-refractivity contribution in [2.75, 3.05) is 32.1 Å². The Morgan fingerprint density at radius 1 is 1.29 bits per heavy atom. The van der Waals surface area contributed by atoms with Crippen molar-refractivity contribution in [2.45, 2.75) is 33.1 Å². The maximum absolute atomic E-state index is 12.1. The Bertz CT molecular complexity index is 535. The highest BCUT2D eigenvalue weighted by Gasteiger charge is 2.28. The second kappa shape index (κ2) is 7.04. The standard InChI is InChI=1S/C15H22N2O3S/c1-4-17(5-2)9-12(18)16-14-13(15(19)20-3)10-7-6-8-11(10)21-14/h4-9H2,1-3H3,(H,16,18). The van der Waals surface area contributed by atoms with Crippen molar-refractivity contribution in [3.8, 4) is 0 Å². The highest BCUT2D eigenvalue weighted by atomic mass is 32.1. The van der Waals surface area contributed by atoms with Gasteiger partial charge in [0.25, 0.3) is 0 Å². The molecule has 5 nitrogen and oxygen atoms in total. The number of nitrogens with zero attached hydrogens (tertiary/aromatic N) is 1. The van der Waals surface area contributed by atoms with Crippen LogP contribution < -0.4 is 5.32 Å². The summed E-state index contributed by atoms with van der Waals surface area (Å²) in [7, 11) is 1.38. The van der Waals surface area contributed by atoms with Crippen LogP contribution >= 0.6 is 11.3 Å². The van der Waals surface area contributed by atoms with Crippen LogP contribution in [0.2, 0.25) is 0 Å². The third-order valence-electron chi connectivity index (χ3n) is 3.83. The lowest BCUT2D eigenvalue weighted by atomic mass is 10.1. The Kier molecular flexibility index (Phi) is 5.36. The molecule has 1 aromatic heterocycles. The number of thiophene rings is 1. The van der Waals surface area contributed by atoms with Crippen LogP contribution in [0.25, 0.3) is 0 Å². The van der Waals surface area contributed by atoms with Gasteiger partial charge in [-0.15, -0.1) is 11.3 Å². The number of carbonyl (C=O) groups is 2. The van der Waals surface area contributed by atoms with Gasteiger partial charge in [0.05, 0.1) is 19.2 Å². The Hall–Kier alpha value is -1.40. The summed E-state index contributed by atoms with van der Waals surface area (Å²) < 4.78 is 4.87. The van der Waals surface area contributed by atoms with E-state index in [1.54, 1.807) is 0 Å². The highest BCUT2D eigenvalue weighted by Crippen LogP contribution is 2.39. The average Bonchev–Trinajstić information content (AvgIpc) is 3.04. The molecule has 0 aliphatic heterocycles. The normalized spacial score (nSPS) is 13.3. The van der Waals surface area contributed by atoms with E-state index in [0.717, 1.165) is 37.9 Å². The number of carbonyl (C=O) groups excluding carboxylic acids is 2. The SMILES string of the molecule is CCN(CC)CC(=O)Nc1sc2c(c1C(=O)OC)CCC2. The number of likely N-dealkylation sites (N-methyl/N-ethyl adjacent to an activating group) is 1. The Morgan fingerprint density at radius 3 is 2.62 bits per heavy atom. The molecule has 1 aliphatic carbocycles. The minimum absolute atomic E-state index is 0.0798. The van der Waals surface area contributed by atoms with Crippen molar-refractivity contribution in [1.82, 2.24) is 4.90 Å². The summed E-state index contributed by atoms with van der Waals surface area (Å²) in [6, 6.07) is 0. The molecule has 1 N–H and O–H groups in total. The summed E-state index contributed by atoms with van der Waals surface area (Å²) >= 11 is 1.51. The molecule has 1 heterocycles. The first-order valence-electron chi connectivity index (χ1n) is 7.35. The third kappa shape index (κ3) is 3.44. The predicted octanol–water partition coefficient (Wildman–Crippen LogP) is 2.30. The van der Waals surface area contributed by atoms with E-state index < -0.39 is 0 Å². The first-order valence-corrected chi connectivity index (χ1v) is 8.17. The van der Waals surface area contributed by atoms with Crippen LogP contribution in [0.15, 0.2) is 0 Å². The molecule has 2 rings (SSSR count). The number of fused-ring (bicyclic) bond motifs is 1. The number of hydrogen-bond acceptors (Lipinski definition) is 5. The molecule has 0 fully saturated rings. The molecule has 1 aliphatic rings. The predicted molar refractivity (Wildman–Crippen MR) is 84.1 cm³/mol. The molecule has 6 heteroatoms. The van der Waals surface area contributed by atoms with Gasteiger partial charge >= 0.3 is 5.97 Å². The molecule has 0 saturated heterocycles. The molecular formula is C15H22N2O3S. The van der Waals surface area contributed by atoms with E-state index in [1.807, 2.05) is 18.7 Å². The van der Waals surface area contributed by atoms with Crippen LogP contribution in [0.1, 0.15) is 41.1 Å². The maximum atomic E-state index is 12.1. The van der Waals surface area contributed by atoms with Crippen LogP contribution in [0, 0.1) is 0 Å². The second-order valence-electron chi connectivity index (χ2n) is 5.06. The summed E-state index contributed by atoms with van der Waals surface area (Å²) in [5.74, 6) is -0.434. The van der Waals surface area contributed by atoms with E-state index >= 15 is 0 Å². The number of methoxy groups -OCH3 is 1. The number of anilines is 1. The van der Waals surface area contributed by atoms with Gasteiger partial charge in [0.1, 0.15) is 5.00 Å². The summed E-state index contributed by atoms with van der Waals surface area (Å²) in [5, 5.41) is 3.53. The lowest BCUT2D eigenvalue weighted by molar-refractivity contribution is -0.117. The molecule has 1 amide bonds. The molecule has 0 saturated carbocycles. The lowest BCUT2D eigenvalue weighted by Gasteiger charge is -2.17. The summed E-state index contributed by atoms with van der Waals surface area (Å²) in [4.78, 5) is 27.4. The minimum Gasteiger partial charge on any atom is -0.465 e. The number of rotatable bonds is 6. The van der Waals surface area contributed by atoms with Gasteiger partial charge in [-0.05, 0) is 37.9 Å². The zero-order valence-corrected chi connectivity index (χ0v) is 13.6. The van der Waals surface area contributed by atoms with Crippen molar-refractivity contribution < 1.29 is 14.3 Å². The summed E-state index contributed by atoms with van der Waals surface area (Å²) in [5.41, 5.74) is 1.62. The number of esters is 1. The Labute approximate surface area is 129 Å².